The number of hydrogen-bond donors (Lipinski definition) is 2. The van der Waals surface area contributed by atoms with Crippen LogP contribution in [-0.2, 0) is 13.0 Å². The van der Waals surface area contributed by atoms with E-state index < -0.39 is 6.10 Å². The Balaban J connectivity index is 1.42. The molecule has 1 atom stereocenters. The van der Waals surface area contributed by atoms with Gasteiger partial charge in [0, 0.05) is 18.5 Å². The number of aliphatic hydroxyl groups excluding tert-OH is 1. The number of carbonyl (C=O) groups is 1. The van der Waals surface area contributed by atoms with Crippen molar-refractivity contribution >= 4 is 16.9 Å². The first kappa shape index (κ1) is 22.6. The molecule has 170 valence electrons. The minimum atomic E-state index is -0.707. The summed E-state index contributed by atoms with van der Waals surface area (Å²) in [6.45, 7) is 5.03. The maximum absolute atomic E-state index is 12.3. The number of nitrogens with one attached hydrogen (secondary N) is 1. The van der Waals surface area contributed by atoms with E-state index in [0.717, 1.165) is 28.2 Å². The average molecular weight is 444 g/mol. The summed E-state index contributed by atoms with van der Waals surface area (Å²) in [5.41, 5.74) is 4.67. The number of hydrogen-bond acceptors (Lipinski definition) is 4. The normalized spacial score (nSPS) is 12.0. The van der Waals surface area contributed by atoms with Crippen LogP contribution in [0, 0.1) is 13.8 Å². The molecule has 0 saturated carbocycles. The van der Waals surface area contributed by atoms with Gasteiger partial charge in [0.15, 0.2) is 0 Å². The van der Waals surface area contributed by atoms with E-state index in [1.807, 2.05) is 73.0 Å². The topological polar surface area (TPSA) is 76.4 Å². The second-order valence-electron chi connectivity index (χ2n) is 8.23. The van der Waals surface area contributed by atoms with Gasteiger partial charge in [0.1, 0.15) is 24.3 Å². The number of fused-ring (bicyclic) bond motifs is 1. The first-order valence-electron chi connectivity index (χ1n) is 11.2. The summed E-state index contributed by atoms with van der Waals surface area (Å²) in [5, 5.41) is 13.7. The van der Waals surface area contributed by atoms with Gasteiger partial charge in [0.05, 0.1) is 17.6 Å². The van der Waals surface area contributed by atoms with Crippen LogP contribution >= 0.6 is 0 Å². The van der Waals surface area contributed by atoms with Gasteiger partial charge >= 0.3 is 0 Å². The number of rotatable bonds is 9. The Morgan fingerprint density at radius 1 is 1.06 bits per heavy atom. The molecule has 6 nitrogen and oxygen atoms in total. The van der Waals surface area contributed by atoms with Crippen molar-refractivity contribution in [1.29, 1.82) is 0 Å². The molecule has 0 aliphatic heterocycles. The molecule has 4 aromatic rings. The van der Waals surface area contributed by atoms with Crippen molar-refractivity contribution in [3.63, 3.8) is 0 Å². The fourth-order valence-electron chi connectivity index (χ4n) is 3.91. The van der Waals surface area contributed by atoms with Gasteiger partial charge in [-0.1, -0.05) is 48.0 Å². The van der Waals surface area contributed by atoms with Crippen LogP contribution in [0.1, 0.15) is 27.3 Å². The third kappa shape index (κ3) is 5.59. The maximum atomic E-state index is 12.3. The van der Waals surface area contributed by atoms with Gasteiger partial charge in [-0.05, 0) is 49.7 Å². The zero-order chi connectivity index (χ0) is 23.2. The van der Waals surface area contributed by atoms with E-state index in [1.165, 1.54) is 5.56 Å². The third-order valence-corrected chi connectivity index (χ3v) is 5.56. The summed E-state index contributed by atoms with van der Waals surface area (Å²) in [7, 11) is 0. The molecular weight excluding hydrogens is 414 g/mol. The van der Waals surface area contributed by atoms with E-state index in [9.17, 15) is 9.90 Å². The van der Waals surface area contributed by atoms with Crippen molar-refractivity contribution in [2.24, 2.45) is 0 Å². The minimum absolute atomic E-state index is 0.111. The fraction of sp³-hybridized carbons (Fsp3) is 0.259. The van der Waals surface area contributed by atoms with Gasteiger partial charge < -0.3 is 19.7 Å². The minimum Gasteiger partial charge on any atom is -0.491 e. The average Bonchev–Trinajstić information content (AvgIpc) is 3.16. The fourth-order valence-corrected chi connectivity index (χ4v) is 3.91. The molecule has 0 spiro atoms. The number of aromatic nitrogens is 2. The second-order valence-corrected chi connectivity index (χ2v) is 8.23. The Morgan fingerprint density at radius 3 is 2.61 bits per heavy atom. The smallest absolute Gasteiger partial charge is 0.251 e. The third-order valence-electron chi connectivity index (χ3n) is 5.56. The Morgan fingerprint density at radius 2 is 1.82 bits per heavy atom. The lowest BCUT2D eigenvalue weighted by atomic mass is 10.1. The van der Waals surface area contributed by atoms with Gasteiger partial charge in [-0.3, -0.25) is 4.79 Å². The van der Waals surface area contributed by atoms with Crippen LogP contribution in [0.5, 0.6) is 5.75 Å². The number of aryl methyl sites for hydroxylation is 2. The molecular formula is C27H29N3O3. The molecule has 0 radical (unpaired) electrons. The van der Waals surface area contributed by atoms with Crippen LogP contribution in [-0.4, -0.2) is 39.8 Å². The second kappa shape index (κ2) is 10.3. The number of nitrogens with zero attached hydrogens (tertiary/aromatic N) is 2. The number of amides is 1. The molecule has 3 aromatic carbocycles. The number of ether oxygens (including phenoxy) is 1. The van der Waals surface area contributed by atoms with Gasteiger partial charge in [0.2, 0.25) is 0 Å². The zero-order valence-electron chi connectivity index (χ0n) is 19.0. The van der Waals surface area contributed by atoms with E-state index in [1.54, 1.807) is 12.1 Å². The lowest BCUT2D eigenvalue weighted by molar-refractivity contribution is 0.0919. The summed E-state index contributed by atoms with van der Waals surface area (Å²) < 4.78 is 7.89. The van der Waals surface area contributed by atoms with E-state index in [0.29, 0.717) is 25.1 Å². The Bertz CT molecular complexity index is 1230. The number of para-hydroxylation sites is 2. The molecule has 1 amide bonds. The lowest BCUT2D eigenvalue weighted by Crippen LogP contribution is -2.28. The highest BCUT2D eigenvalue weighted by Crippen LogP contribution is 2.20. The molecule has 0 fully saturated rings. The summed E-state index contributed by atoms with van der Waals surface area (Å²) >= 11 is 0. The Kier molecular flexibility index (Phi) is 7.05. The summed E-state index contributed by atoms with van der Waals surface area (Å²) in [6, 6.07) is 23.0. The molecule has 2 N–H and O–H groups in total. The van der Waals surface area contributed by atoms with Crippen molar-refractivity contribution < 1.29 is 14.6 Å². The van der Waals surface area contributed by atoms with Crippen molar-refractivity contribution in [3.8, 4) is 5.75 Å². The van der Waals surface area contributed by atoms with Crippen LogP contribution in [0.3, 0.4) is 0 Å². The molecule has 4 rings (SSSR count). The molecule has 0 saturated heterocycles. The Labute approximate surface area is 193 Å². The standard InChI is InChI=1S/C27H29N3O3/c1-19-12-13-25(20(2)16-19)33-18-22(31)17-30-24-11-7-6-10-23(24)29-26(30)14-15-28-27(32)21-8-4-3-5-9-21/h3-13,16,22,31H,14-15,17-18H2,1-2H3,(H,28,32). The summed E-state index contributed by atoms with van der Waals surface area (Å²) in [6.07, 6.45) is -0.154. The van der Waals surface area contributed by atoms with Gasteiger partial charge in [-0.15, -0.1) is 0 Å². The number of carbonyl (C=O) groups excluding carboxylic acids is 1. The van der Waals surface area contributed by atoms with E-state index in [4.69, 9.17) is 9.72 Å². The highest BCUT2D eigenvalue weighted by molar-refractivity contribution is 5.94. The van der Waals surface area contributed by atoms with E-state index in [2.05, 4.69) is 11.4 Å². The molecule has 1 heterocycles. The zero-order valence-corrected chi connectivity index (χ0v) is 19.0. The van der Waals surface area contributed by atoms with Gasteiger partial charge in [-0.25, -0.2) is 4.98 Å². The number of imidazole rings is 1. The van der Waals surface area contributed by atoms with Crippen LogP contribution < -0.4 is 10.1 Å². The lowest BCUT2D eigenvalue weighted by Gasteiger charge is -2.17. The predicted octanol–water partition coefficient (Wildman–Crippen LogP) is 4.07. The monoisotopic (exact) mass is 443 g/mol. The van der Waals surface area contributed by atoms with Crippen molar-refractivity contribution in [2.75, 3.05) is 13.2 Å². The molecule has 0 aliphatic carbocycles. The van der Waals surface area contributed by atoms with Gasteiger partial charge in [-0.2, -0.15) is 0 Å². The van der Waals surface area contributed by atoms with Crippen molar-refractivity contribution in [3.05, 3.63) is 95.3 Å². The molecule has 33 heavy (non-hydrogen) atoms. The number of benzene rings is 3. The molecule has 6 heteroatoms. The molecule has 1 unspecified atom stereocenters. The van der Waals surface area contributed by atoms with E-state index >= 15 is 0 Å². The predicted molar refractivity (Wildman–Crippen MR) is 130 cm³/mol. The summed E-state index contributed by atoms with van der Waals surface area (Å²) in [5.74, 6) is 1.48. The highest BCUT2D eigenvalue weighted by atomic mass is 16.5. The van der Waals surface area contributed by atoms with Crippen molar-refractivity contribution in [1.82, 2.24) is 14.9 Å². The summed E-state index contributed by atoms with van der Waals surface area (Å²) in [4.78, 5) is 17.1. The number of aliphatic hydroxyl groups is 1. The largest absolute Gasteiger partial charge is 0.491 e. The quantitative estimate of drug-likeness (QED) is 0.409. The van der Waals surface area contributed by atoms with Crippen LogP contribution in [0.2, 0.25) is 0 Å². The van der Waals surface area contributed by atoms with Crippen LogP contribution in [0.15, 0.2) is 72.8 Å². The van der Waals surface area contributed by atoms with Crippen LogP contribution in [0.25, 0.3) is 11.0 Å². The van der Waals surface area contributed by atoms with Gasteiger partial charge in [0.25, 0.3) is 5.91 Å². The van der Waals surface area contributed by atoms with Crippen LogP contribution in [0.4, 0.5) is 0 Å². The first-order valence-corrected chi connectivity index (χ1v) is 11.2. The molecule has 1 aromatic heterocycles. The maximum Gasteiger partial charge on any atom is 0.251 e. The van der Waals surface area contributed by atoms with Crippen molar-refractivity contribution in [2.45, 2.75) is 32.9 Å². The van der Waals surface area contributed by atoms with E-state index in [-0.39, 0.29) is 12.5 Å². The molecule has 0 aliphatic rings. The SMILES string of the molecule is Cc1ccc(OCC(O)Cn2c(CCNC(=O)c3ccccc3)nc3ccccc32)c(C)c1. The highest BCUT2D eigenvalue weighted by Gasteiger charge is 2.15. The first-order chi connectivity index (χ1) is 16.0. The molecule has 0 bridgehead atoms. The Hall–Kier alpha value is -3.64.